The number of hydrogen-bond donors (Lipinski definition) is 4. The number of carboxylic acids is 1. The van der Waals surface area contributed by atoms with Crippen LogP contribution in [0.2, 0.25) is 5.02 Å². The van der Waals surface area contributed by atoms with Crippen LogP contribution in [-0.2, 0) is 9.53 Å². The Balaban J connectivity index is 1.51. The van der Waals surface area contributed by atoms with Gasteiger partial charge in [-0.2, -0.15) is 0 Å². The number of halogens is 1. The summed E-state index contributed by atoms with van der Waals surface area (Å²) in [4.78, 5) is 15.9. The lowest BCUT2D eigenvalue weighted by Crippen LogP contribution is -2.68. The van der Waals surface area contributed by atoms with E-state index in [-0.39, 0.29) is 4.48 Å². The van der Waals surface area contributed by atoms with E-state index in [9.17, 15) is 25.2 Å². The average molecular weight is 496 g/mol. The molecule has 1 saturated heterocycles. The van der Waals surface area contributed by atoms with Gasteiger partial charge in [0, 0.05) is 27.8 Å². The fraction of sp³-hybridized carbons (Fsp3) is 0.435. The Morgan fingerprint density at radius 2 is 1.76 bits per heavy atom. The maximum Gasteiger partial charge on any atom is 0.335 e. The Labute approximate surface area is 201 Å². The molecule has 2 aromatic carbocycles. The Kier molecular flexibility index (Phi) is 6.93. The van der Waals surface area contributed by atoms with Gasteiger partial charge in [-0.3, -0.25) is 0 Å². The van der Waals surface area contributed by atoms with Gasteiger partial charge in [0.25, 0.3) is 0 Å². The van der Waals surface area contributed by atoms with Crippen LogP contribution in [0, 0.1) is 0 Å². The van der Waals surface area contributed by atoms with Crippen molar-refractivity contribution < 1.29 is 34.4 Å². The van der Waals surface area contributed by atoms with Crippen LogP contribution in [0.15, 0.2) is 52.3 Å². The summed E-state index contributed by atoms with van der Waals surface area (Å²) < 4.78 is 5.67. The van der Waals surface area contributed by atoms with E-state index in [4.69, 9.17) is 16.3 Å². The highest BCUT2D eigenvalue weighted by Crippen LogP contribution is 2.48. The Morgan fingerprint density at radius 3 is 2.48 bits per heavy atom. The molecule has 33 heavy (non-hydrogen) atoms. The van der Waals surface area contributed by atoms with Crippen molar-refractivity contribution in [3.8, 4) is 0 Å². The molecule has 178 valence electrons. The van der Waals surface area contributed by atoms with Crippen molar-refractivity contribution in [3.05, 3.63) is 47.5 Å². The molecule has 10 heteroatoms. The summed E-state index contributed by atoms with van der Waals surface area (Å²) in [6.45, 7) is 1.18. The summed E-state index contributed by atoms with van der Waals surface area (Å²) in [6.07, 6.45) is -6.65. The minimum atomic E-state index is -1.70. The van der Waals surface area contributed by atoms with Crippen molar-refractivity contribution in [2.24, 2.45) is 0 Å². The first kappa shape index (κ1) is 24.3. The molecule has 5 atom stereocenters. The number of rotatable bonds is 6. The van der Waals surface area contributed by atoms with Crippen molar-refractivity contribution in [2.45, 2.75) is 46.9 Å². The molecule has 2 aliphatic heterocycles. The van der Waals surface area contributed by atoms with Gasteiger partial charge in [-0.05, 0) is 30.3 Å². The van der Waals surface area contributed by atoms with E-state index in [0.717, 1.165) is 21.2 Å². The fourth-order valence-corrected chi connectivity index (χ4v) is 5.69. The van der Waals surface area contributed by atoms with E-state index in [2.05, 4.69) is 17.0 Å². The number of anilines is 2. The molecule has 4 N–H and O–H groups in total. The lowest BCUT2D eigenvalue weighted by Gasteiger charge is -2.46. The number of benzene rings is 2. The standard InChI is InChI=1S/C23H27ClN2O6S/c1-26(2,22-20(29)18(27)19(28)21(32-22)23(30)31)11-5-10-25-14-6-3-4-7-16(14)33-17-9-8-13(24)12-15(17)25/h3-4,6-9,12,18-22,27-29H,5,10-11H2,1-2H3/p+1/t18-,19-,20+,21-,22+/m0/s1. The van der Waals surface area contributed by atoms with Crippen LogP contribution in [0.3, 0.4) is 0 Å². The van der Waals surface area contributed by atoms with Gasteiger partial charge in [0.15, 0.2) is 12.2 Å². The number of aliphatic carboxylic acids is 1. The summed E-state index contributed by atoms with van der Waals surface area (Å²) in [5.74, 6) is -1.38. The molecule has 0 saturated carbocycles. The number of hydrogen-bond acceptors (Lipinski definition) is 7. The molecule has 4 rings (SSSR count). The predicted molar refractivity (Wildman–Crippen MR) is 125 cm³/mol. The fourth-order valence-electron chi connectivity index (χ4n) is 4.45. The number of aliphatic hydroxyl groups is 3. The summed E-state index contributed by atoms with van der Waals surface area (Å²) in [5.41, 5.74) is 2.11. The number of aliphatic hydroxyl groups excluding tert-OH is 3. The molecular weight excluding hydrogens is 468 g/mol. The second-order valence-corrected chi connectivity index (χ2v) is 10.5. The van der Waals surface area contributed by atoms with E-state index in [1.807, 2.05) is 44.4 Å². The normalized spacial score (nSPS) is 27.1. The van der Waals surface area contributed by atoms with Crippen LogP contribution < -0.4 is 4.90 Å². The number of fused-ring (bicyclic) bond motifs is 2. The Morgan fingerprint density at radius 1 is 1.06 bits per heavy atom. The van der Waals surface area contributed by atoms with Gasteiger partial charge < -0.3 is 34.5 Å². The zero-order valence-electron chi connectivity index (χ0n) is 18.3. The summed E-state index contributed by atoms with van der Waals surface area (Å²) in [7, 11) is 3.62. The highest BCUT2D eigenvalue weighted by atomic mass is 35.5. The van der Waals surface area contributed by atoms with Crippen LogP contribution in [0.4, 0.5) is 11.4 Å². The molecule has 0 bridgehead atoms. The minimum absolute atomic E-state index is 0.112. The van der Waals surface area contributed by atoms with Gasteiger partial charge in [-0.15, -0.1) is 0 Å². The zero-order chi connectivity index (χ0) is 23.9. The first-order chi connectivity index (χ1) is 15.6. The van der Waals surface area contributed by atoms with Gasteiger partial charge in [-0.25, -0.2) is 4.79 Å². The SMILES string of the molecule is C[N+](C)(CCCN1c2ccccc2Sc2ccc(Cl)cc21)[C@@H]1O[C@H](C(=O)O)[C@@H](O)[C@H](O)[C@H]1O. The molecule has 2 heterocycles. The van der Waals surface area contributed by atoms with E-state index in [1.165, 1.54) is 0 Å². The third kappa shape index (κ3) is 4.72. The maximum atomic E-state index is 11.5. The van der Waals surface area contributed by atoms with Crippen LogP contribution >= 0.6 is 23.4 Å². The van der Waals surface area contributed by atoms with Gasteiger partial charge in [-0.1, -0.05) is 35.5 Å². The second kappa shape index (κ2) is 9.42. The molecule has 2 aliphatic rings. The monoisotopic (exact) mass is 495 g/mol. The summed E-state index contributed by atoms with van der Waals surface area (Å²) in [5, 5.41) is 40.7. The van der Waals surface area contributed by atoms with Crippen molar-refractivity contribution in [1.82, 2.24) is 0 Å². The number of ether oxygens (including phenoxy) is 1. The molecule has 0 amide bonds. The largest absolute Gasteiger partial charge is 0.479 e. The highest BCUT2D eigenvalue weighted by Gasteiger charge is 2.52. The van der Waals surface area contributed by atoms with E-state index < -0.39 is 36.6 Å². The number of likely N-dealkylation sites (N-methyl/N-ethyl adjacent to an activating group) is 1. The van der Waals surface area contributed by atoms with Crippen molar-refractivity contribution in [2.75, 3.05) is 32.1 Å². The van der Waals surface area contributed by atoms with Crippen LogP contribution in [0.25, 0.3) is 0 Å². The molecule has 1 fully saturated rings. The molecule has 0 aliphatic carbocycles. The molecule has 0 unspecified atom stereocenters. The first-order valence-electron chi connectivity index (χ1n) is 10.7. The topological polar surface area (TPSA) is 110 Å². The minimum Gasteiger partial charge on any atom is -0.479 e. The van der Waals surface area contributed by atoms with Crippen LogP contribution in [0.1, 0.15) is 6.42 Å². The molecular formula is C23H28ClN2O6S+. The average Bonchev–Trinajstić information content (AvgIpc) is 2.77. The molecule has 8 nitrogen and oxygen atoms in total. The molecule has 0 aromatic heterocycles. The third-order valence-corrected chi connectivity index (χ3v) is 7.59. The molecule has 0 radical (unpaired) electrons. The zero-order valence-corrected chi connectivity index (χ0v) is 19.9. The predicted octanol–water partition coefficient (Wildman–Crippen LogP) is 2.30. The van der Waals surface area contributed by atoms with Gasteiger partial charge >= 0.3 is 5.97 Å². The first-order valence-corrected chi connectivity index (χ1v) is 11.9. The Hall–Kier alpha value is -1.85. The maximum absolute atomic E-state index is 11.5. The van der Waals surface area contributed by atoms with Gasteiger partial charge in [0.2, 0.25) is 6.23 Å². The van der Waals surface area contributed by atoms with Crippen molar-refractivity contribution in [1.29, 1.82) is 0 Å². The second-order valence-electron chi connectivity index (χ2n) is 8.95. The summed E-state index contributed by atoms with van der Waals surface area (Å²) >= 11 is 7.98. The highest BCUT2D eigenvalue weighted by molar-refractivity contribution is 7.99. The summed E-state index contributed by atoms with van der Waals surface area (Å²) in [6, 6.07) is 14.0. The number of carbonyl (C=O) groups is 1. The lowest BCUT2D eigenvalue weighted by atomic mass is 9.96. The van der Waals surface area contributed by atoms with Gasteiger partial charge in [0.05, 0.1) is 32.0 Å². The third-order valence-electron chi connectivity index (χ3n) is 6.22. The number of para-hydroxylation sites is 1. The lowest BCUT2D eigenvalue weighted by molar-refractivity contribution is -0.944. The van der Waals surface area contributed by atoms with Crippen molar-refractivity contribution in [3.63, 3.8) is 0 Å². The number of carboxylic acid groups (broad SMARTS) is 1. The Bertz CT molecular complexity index is 1040. The quantitative estimate of drug-likeness (QED) is 0.452. The number of quaternary nitrogens is 1. The van der Waals surface area contributed by atoms with E-state index in [1.54, 1.807) is 11.8 Å². The molecule has 0 spiro atoms. The molecule has 2 aromatic rings. The van der Waals surface area contributed by atoms with Gasteiger partial charge in [0.1, 0.15) is 12.2 Å². The number of nitrogens with zero attached hydrogens (tertiary/aromatic N) is 2. The smallest absolute Gasteiger partial charge is 0.335 e. The van der Waals surface area contributed by atoms with Crippen LogP contribution in [-0.4, -0.2) is 88.7 Å². The van der Waals surface area contributed by atoms with Crippen molar-refractivity contribution >= 4 is 40.7 Å². The van der Waals surface area contributed by atoms with Crippen LogP contribution in [0.5, 0.6) is 0 Å². The van der Waals surface area contributed by atoms with E-state index >= 15 is 0 Å². The van der Waals surface area contributed by atoms with E-state index in [0.29, 0.717) is 24.5 Å².